The lowest BCUT2D eigenvalue weighted by atomic mass is 10.2. The molecular formula is C11H17Br2NO. The molecule has 1 N–H and O–H groups in total. The van der Waals surface area contributed by atoms with Crippen LogP contribution in [0.1, 0.15) is 38.4 Å². The van der Waals surface area contributed by atoms with Crippen LogP contribution >= 0.6 is 31.9 Å². The Kier molecular flexibility index (Phi) is 6.61. The van der Waals surface area contributed by atoms with Crippen LogP contribution in [0.15, 0.2) is 19.6 Å². The fourth-order valence-corrected chi connectivity index (χ4v) is 2.03. The molecule has 0 aliphatic carbocycles. The molecule has 0 radical (unpaired) electrons. The molecule has 4 heteroatoms. The fraction of sp³-hybridized carbons (Fsp3) is 0.636. The number of rotatable bonds is 7. The average molecular weight is 339 g/mol. The van der Waals surface area contributed by atoms with Gasteiger partial charge in [-0.3, -0.25) is 0 Å². The molecule has 0 fully saturated rings. The number of unbranched alkanes of at least 4 members (excludes halogenated alkanes) is 3. The van der Waals surface area contributed by atoms with E-state index in [-0.39, 0.29) is 0 Å². The van der Waals surface area contributed by atoms with E-state index in [2.05, 4.69) is 44.1 Å². The van der Waals surface area contributed by atoms with Gasteiger partial charge in [-0.1, -0.05) is 26.2 Å². The number of furan rings is 1. The summed E-state index contributed by atoms with van der Waals surface area (Å²) in [5.41, 5.74) is 0. The molecule has 0 unspecified atom stereocenters. The minimum atomic E-state index is 0.769. The van der Waals surface area contributed by atoms with Crippen LogP contribution in [0.2, 0.25) is 0 Å². The molecule has 1 aromatic heterocycles. The van der Waals surface area contributed by atoms with Gasteiger partial charge in [0.05, 0.1) is 11.0 Å². The van der Waals surface area contributed by atoms with Gasteiger partial charge in [0, 0.05) is 0 Å². The van der Waals surface area contributed by atoms with Crippen molar-refractivity contribution in [2.24, 2.45) is 0 Å². The molecule has 0 spiro atoms. The monoisotopic (exact) mass is 337 g/mol. The molecule has 0 aromatic carbocycles. The number of halogens is 2. The zero-order valence-electron chi connectivity index (χ0n) is 8.98. The van der Waals surface area contributed by atoms with Crippen molar-refractivity contribution >= 4 is 31.9 Å². The third-order valence-electron chi connectivity index (χ3n) is 2.20. The van der Waals surface area contributed by atoms with Crippen molar-refractivity contribution in [2.75, 3.05) is 6.54 Å². The van der Waals surface area contributed by atoms with Crippen LogP contribution in [-0.2, 0) is 6.54 Å². The van der Waals surface area contributed by atoms with Crippen LogP contribution in [0.5, 0.6) is 0 Å². The largest absolute Gasteiger partial charge is 0.452 e. The summed E-state index contributed by atoms with van der Waals surface area (Å²) in [6.45, 7) is 4.09. The number of hydrogen-bond acceptors (Lipinski definition) is 2. The summed E-state index contributed by atoms with van der Waals surface area (Å²) in [5.74, 6) is 0.962. The molecule has 15 heavy (non-hydrogen) atoms. The maximum atomic E-state index is 5.45. The second kappa shape index (κ2) is 7.47. The molecule has 0 amide bonds. The van der Waals surface area contributed by atoms with Crippen LogP contribution < -0.4 is 5.32 Å². The zero-order chi connectivity index (χ0) is 11.1. The van der Waals surface area contributed by atoms with Gasteiger partial charge in [-0.25, -0.2) is 0 Å². The van der Waals surface area contributed by atoms with Crippen LogP contribution in [0.4, 0.5) is 0 Å². The van der Waals surface area contributed by atoms with Crippen LogP contribution in [0, 0.1) is 0 Å². The first-order valence-electron chi connectivity index (χ1n) is 5.38. The van der Waals surface area contributed by atoms with Gasteiger partial charge in [0.25, 0.3) is 0 Å². The highest BCUT2D eigenvalue weighted by molar-refractivity contribution is 9.13. The minimum absolute atomic E-state index is 0.769. The quantitative estimate of drug-likeness (QED) is 0.742. The molecule has 2 nitrogen and oxygen atoms in total. The molecule has 1 heterocycles. The van der Waals surface area contributed by atoms with Crippen LogP contribution in [0.3, 0.4) is 0 Å². The maximum Gasteiger partial charge on any atom is 0.183 e. The highest BCUT2D eigenvalue weighted by Crippen LogP contribution is 2.26. The van der Waals surface area contributed by atoms with E-state index in [9.17, 15) is 0 Å². The average Bonchev–Trinajstić information content (AvgIpc) is 2.52. The first-order chi connectivity index (χ1) is 7.24. The normalized spacial score (nSPS) is 10.9. The van der Waals surface area contributed by atoms with Gasteiger partial charge in [-0.15, -0.1) is 0 Å². The van der Waals surface area contributed by atoms with Crippen molar-refractivity contribution < 1.29 is 4.42 Å². The van der Waals surface area contributed by atoms with Gasteiger partial charge >= 0.3 is 0 Å². The Morgan fingerprint density at radius 3 is 2.67 bits per heavy atom. The third kappa shape index (κ3) is 5.18. The van der Waals surface area contributed by atoms with E-state index in [4.69, 9.17) is 4.42 Å². The predicted molar refractivity (Wildman–Crippen MR) is 70.0 cm³/mol. The molecule has 0 aliphatic heterocycles. The van der Waals surface area contributed by atoms with Crippen molar-refractivity contribution in [1.82, 2.24) is 5.32 Å². The summed E-state index contributed by atoms with van der Waals surface area (Å²) in [6.07, 6.45) is 5.18. The molecule has 0 atom stereocenters. The van der Waals surface area contributed by atoms with Gasteiger partial charge < -0.3 is 9.73 Å². The van der Waals surface area contributed by atoms with Gasteiger partial charge in [0.2, 0.25) is 0 Å². The maximum absolute atomic E-state index is 5.45. The topological polar surface area (TPSA) is 25.2 Å². The van der Waals surface area contributed by atoms with E-state index in [1.807, 2.05) is 6.07 Å². The van der Waals surface area contributed by atoms with Crippen molar-refractivity contribution in [2.45, 2.75) is 39.2 Å². The molecule has 1 rings (SSSR count). The van der Waals surface area contributed by atoms with Crippen molar-refractivity contribution in [3.05, 3.63) is 21.0 Å². The smallest absolute Gasteiger partial charge is 0.183 e. The van der Waals surface area contributed by atoms with E-state index < -0.39 is 0 Å². The minimum Gasteiger partial charge on any atom is -0.452 e. The Morgan fingerprint density at radius 2 is 2.07 bits per heavy atom. The Morgan fingerprint density at radius 1 is 1.27 bits per heavy atom. The second-order valence-electron chi connectivity index (χ2n) is 3.57. The molecule has 0 saturated heterocycles. The standard InChI is InChI=1S/C11H17Br2NO/c1-2-3-4-5-6-14-8-9-7-10(12)11(13)15-9/h7,14H,2-6,8H2,1H3. The Balaban J connectivity index is 2.10. The Hall–Kier alpha value is 0.200. The summed E-state index contributed by atoms with van der Waals surface area (Å²) in [5, 5.41) is 3.37. The van der Waals surface area contributed by atoms with Gasteiger partial charge in [0.15, 0.2) is 4.67 Å². The van der Waals surface area contributed by atoms with Crippen molar-refractivity contribution in [3.8, 4) is 0 Å². The summed E-state index contributed by atoms with van der Waals surface area (Å²) in [6, 6.07) is 1.99. The lowest BCUT2D eigenvalue weighted by molar-refractivity contribution is 0.461. The number of hydrogen-bond donors (Lipinski definition) is 1. The van der Waals surface area contributed by atoms with E-state index in [0.29, 0.717) is 0 Å². The highest BCUT2D eigenvalue weighted by atomic mass is 79.9. The van der Waals surface area contributed by atoms with Crippen molar-refractivity contribution in [1.29, 1.82) is 0 Å². The predicted octanol–water partition coefficient (Wildman–Crippen LogP) is 4.47. The van der Waals surface area contributed by atoms with E-state index in [0.717, 1.165) is 28.0 Å². The third-order valence-corrected chi connectivity index (χ3v) is 3.91. The molecule has 86 valence electrons. The molecular weight excluding hydrogens is 322 g/mol. The lowest BCUT2D eigenvalue weighted by Gasteiger charge is -2.01. The Labute approximate surface area is 108 Å². The molecule has 0 bridgehead atoms. The highest BCUT2D eigenvalue weighted by Gasteiger charge is 2.04. The first-order valence-corrected chi connectivity index (χ1v) is 6.97. The second-order valence-corrected chi connectivity index (χ2v) is 5.15. The summed E-state index contributed by atoms with van der Waals surface area (Å²) in [7, 11) is 0. The summed E-state index contributed by atoms with van der Waals surface area (Å²) >= 11 is 6.71. The fourth-order valence-electron chi connectivity index (χ4n) is 1.37. The molecule has 0 saturated carbocycles. The first kappa shape index (κ1) is 13.3. The zero-order valence-corrected chi connectivity index (χ0v) is 12.2. The lowest BCUT2D eigenvalue weighted by Crippen LogP contribution is -2.14. The van der Waals surface area contributed by atoms with Gasteiger partial charge in [-0.05, 0) is 50.9 Å². The molecule has 0 aliphatic rings. The molecule has 1 aromatic rings. The summed E-state index contributed by atoms with van der Waals surface area (Å²) < 4.78 is 7.20. The summed E-state index contributed by atoms with van der Waals surface area (Å²) in [4.78, 5) is 0. The van der Waals surface area contributed by atoms with Gasteiger partial charge in [-0.2, -0.15) is 0 Å². The van der Waals surface area contributed by atoms with E-state index in [1.54, 1.807) is 0 Å². The van der Waals surface area contributed by atoms with Gasteiger partial charge in [0.1, 0.15) is 5.76 Å². The Bertz CT molecular complexity index is 267. The van der Waals surface area contributed by atoms with Crippen molar-refractivity contribution in [3.63, 3.8) is 0 Å². The van der Waals surface area contributed by atoms with E-state index >= 15 is 0 Å². The SMILES string of the molecule is CCCCCCNCc1cc(Br)c(Br)o1. The van der Waals surface area contributed by atoms with Crippen LogP contribution in [-0.4, -0.2) is 6.54 Å². The van der Waals surface area contributed by atoms with E-state index in [1.165, 1.54) is 25.7 Å². The number of nitrogens with one attached hydrogen (secondary N) is 1. The van der Waals surface area contributed by atoms with Crippen LogP contribution in [0.25, 0.3) is 0 Å².